The molecule has 0 saturated carbocycles. The molecule has 1 aliphatic heterocycles. The highest BCUT2D eigenvalue weighted by Gasteiger charge is 2.26. The number of aryl methyl sites for hydroxylation is 1. The summed E-state index contributed by atoms with van der Waals surface area (Å²) in [6.07, 6.45) is 1.74. The van der Waals surface area contributed by atoms with Gasteiger partial charge in [0, 0.05) is 7.05 Å². The molecule has 0 atom stereocenters. The molecule has 0 unspecified atom stereocenters. The summed E-state index contributed by atoms with van der Waals surface area (Å²) in [6.45, 7) is 2.51. The molecular weight excluding hydrogens is 348 g/mol. The smallest absolute Gasteiger partial charge is 0.276 e. The molecule has 0 spiro atoms. The van der Waals surface area contributed by atoms with Crippen molar-refractivity contribution in [2.24, 2.45) is 0 Å². The fourth-order valence-electron chi connectivity index (χ4n) is 2.53. The number of carbonyl (C=O) groups excluding carboxylic acids is 1. The minimum absolute atomic E-state index is 0.159. The minimum atomic E-state index is -0.159. The number of hydrogen-bond acceptors (Lipinski definition) is 4. The molecule has 134 valence electrons. The summed E-state index contributed by atoms with van der Waals surface area (Å²) in [7, 11) is 3.23. The Bertz CT molecular complexity index is 875. The Labute approximate surface area is 158 Å². The van der Waals surface area contributed by atoms with E-state index in [9.17, 15) is 4.79 Å². The molecule has 0 aliphatic carbocycles. The molecular formula is C20H20N2O3S. The predicted molar refractivity (Wildman–Crippen MR) is 105 cm³/mol. The van der Waals surface area contributed by atoms with Gasteiger partial charge >= 0.3 is 0 Å². The molecule has 26 heavy (non-hydrogen) atoms. The first-order valence-electron chi connectivity index (χ1n) is 8.15. The highest BCUT2D eigenvalue weighted by Crippen LogP contribution is 2.30. The number of nitrogens with zero attached hydrogens (tertiary/aromatic N) is 1. The Balaban J connectivity index is 1.76. The van der Waals surface area contributed by atoms with Crippen molar-refractivity contribution in [2.45, 2.75) is 13.5 Å². The van der Waals surface area contributed by atoms with Gasteiger partial charge in [-0.15, -0.1) is 0 Å². The number of thiocarbonyl (C=S) groups is 1. The van der Waals surface area contributed by atoms with Gasteiger partial charge in [-0.1, -0.05) is 35.9 Å². The number of hydrogen-bond donors (Lipinski definition) is 1. The maximum Gasteiger partial charge on any atom is 0.276 e. The van der Waals surface area contributed by atoms with Gasteiger partial charge in [0.25, 0.3) is 5.91 Å². The zero-order valence-corrected chi connectivity index (χ0v) is 15.7. The van der Waals surface area contributed by atoms with E-state index in [1.54, 1.807) is 20.2 Å². The molecule has 0 bridgehead atoms. The van der Waals surface area contributed by atoms with Crippen molar-refractivity contribution in [3.63, 3.8) is 0 Å². The Morgan fingerprint density at radius 1 is 1.15 bits per heavy atom. The normalized spacial score (nSPS) is 15.3. The number of carbonyl (C=O) groups is 1. The van der Waals surface area contributed by atoms with Crippen molar-refractivity contribution >= 4 is 29.3 Å². The summed E-state index contributed by atoms with van der Waals surface area (Å²) < 4.78 is 11.3. The average molecular weight is 368 g/mol. The van der Waals surface area contributed by atoms with Crippen molar-refractivity contribution in [3.05, 3.63) is 64.9 Å². The summed E-state index contributed by atoms with van der Waals surface area (Å²) in [5.74, 6) is 1.09. The van der Waals surface area contributed by atoms with E-state index in [-0.39, 0.29) is 5.91 Å². The maximum atomic E-state index is 12.1. The Kier molecular flexibility index (Phi) is 5.23. The van der Waals surface area contributed by atoms with Crippen LogP contribution in [0.2, 0.25) is 0 Å². The summed E-state index contributed by atoms with van der Waals surface area (Å²) in [5.41, 5.74) is 3.55. The standard InChI is InChI=1S/C20H20N2O3S/c1-13-4-6-14(7-5-13)12-25-17-9-8-15(11-18(17)24-3)10-16-19(23)22(2)20(26)21-16/h4-11H,12H2,1-3H3,(H,21,26)/b16-10+. The van der Waals surface area contributed by atoms with E-state index in [0.29, 0.717) is 28.9 Å². The highest BCUT2D eigenvalue weighted by atomic mass is 32.1. The lowest BCUT2D eigenvalue weighted by Crippen LogP contribution is -2.25. The summed E-state index contributed by atoms with van der Waals surface area (Å²) in [6, 6.07) is 13.7. The molecule has 2 aromatic carbocycles. The quantitative estimate of drug-likeness (QED) is 0.648. The molecule has 1 aliphatic rings. The molecule has 1 fully saturated rings. The lowest BCUT2D eigenvalue weighted by Gasteiger charge is -2.12. The van der Waals surface area contributed by atoms with Crippen LogP contribution in [-0.4, -0.2) is 30.1 Å². The van der Waals surface area contributed by atoms with Crippen LogP contribution >= 0.6 is 12.2 Å². The Hall–Kier alpha value is -2.86. The molecule has 0 radical (unpaired) electrons. The van der Waals surface area contributed by atoms with Crippen LogP contribution in [0.15, 0.2) is 48.2 Å². The first kappa shape index (κ1) is 17.9. The third-order valence-electron chi connectivity index (χ3n) is 4.09. The number of rotatable bonds is 5. The van der Waals surface area contributed by atoms with Crippen LogP contribution in [0.1, 0.15) is 16.7 Å². The third kappa shape index (κ3) is 3.86. The number of nitrogens with one attached hydrogen (secondary N) is 1. The number of likely N-dealkylation sites (N-methyl/N-ethyl adjacent to an activating group) is 1. The summed E-state index contributed by atoms with van der Waals surface area (Å²) >= 11 is 5.08. The van der Waals surface area contributed by atoms with Gasteiger partial charge in [-0.3, -0.25) is 9.69 Å². The van der Waals surface area contributed by atoms with Crippen molar-refractivity contribution in [2.75, 3.05) is 14.2 Å². The van der Waals surface area contributed by atoms with Gasteiger partial charge in [0.15, 0.2) is 16.6 Å². The fourth-order valence-corrected chi connectivity index (χ4v) is 2.72. The highest BCUT2D eigenvalue weighted by molar-refractivity contribution is 7.80. The molecule has 5 nitrogen and oxygen atoms in total. The molecule has 6 heteroatoms. The number of methoxy groups -OCH3 is 1. The number of ether oxygens (including phenoxy) is 2. The van der Waals surface area contributed by atoms with Gasteiger partial charge in [-0.25, -0.2) is 0 Å². The molecule has 1 N–H and O–H groups in total. The molecule has 2 aromatic rings. The van der Waals surface area contributed by atoms with E-state index in [2.05, 4.69) is 24.4 Å². The van der Waals surface area contributed by atoms with E-state index >= 15 is 0 Å². The van der Waals surface area contributed by atoms with Crippen LogP contribution in [0.5, 0.6) is 11.5 Å². The Morgan fingerprint density at radius 3 is 2.50 bits per heavy atom. The third-order valence-corrected chi connectivity index (χ3v) is 4.47. The molecule has 1 heterocycles. The second-order valence-electron chi connectivity index (χ2n) is 6.04. The van der Waals surface area contributed by atoms with Gasteiger partial charge < -0.3 is 14.8 Å². The molecule has 3 rings (SSSR count). The first-order chi connectivity index (χ1) is 12.5. The van der Waals surface area contributed by atoms with E-state index in [4.69, 9.17) is 21.7 Å². The van der Waals surface area contributed by atoms with Crippen molar-refractivity contribution in [3.8, 4) is 11.5 Å². The monoisotopic (exact) mass is 368 g/mol. The van der Waals surface area contributed by atoms with Crippen LogP contribution in [0, 0.1) is 6.92 Å². The Morgan fingerprint density at radius 2 is 1.88 bits per heavy atom. The van der Waals surface area contributed by atoms with Gasteiger partial charge in [-0.2, -0.15) is 0 Å². The van der Waals surface area contributed by atoms with Gasteiger partial charge in [0.05, 0.1) is 7.11 Å². The molecule has 0 aromatic heterocycles. The second-order valence-corrected chi connectivity index (χ2v) is 6.42. The van der Waals surface area contributed by atoms with Crippen LogP contribution in [0.4, 0.5) is 0 Å². The SMILES string of the molecule is COc1cc(/C=C2/NC(=S)N(C)C2=O)ccc1OCc1ccc(C)cc1. The van der Waals surface area contributed by atoms with Gasteiger partial charge in [0.2, 0.25) is 0 Å². The van der Waals surface area contributed by atoms with E-state index in [1.807, 2.05) is 30.3 Å². The van der Waals surface area contributed by atoms with Crippen molar-refractivity contribution in [1.82, 2.24) is 10.2 Å². The zero-order chi connectivity index (χ0) is 18.7. The topological polar surface area (TPSA) is 50.8 Å². The van der Waals surface area contributed by atoms with E-state index in [0.717, 1.165) is 11.1 Å². The fraction of sp³-hybridized carbons (Fsp3) is 0.200. The predicted octanol–water partition coefficient (Wildman–Crippen LogP) is 3.27. The van der Waals surface area contributed by atoms with Crippen LogP contribution in [0.25, 0.3) is 6.08 Å². The molecule has 1 saturated heterocycles. The van der Waals surface area contributed by atoms with Gasteiger partial charge in [-0.05, 0) is 48.5 Å². The zero-order valence-electron chi connectivity index (χ0n) is 14.9. The molecule has 1 amide bonds. The van der Waals surface area contributed by atoms with Crippen LogP contribution in [-0.2, 0) is 11.4 Å². The number of amides is 1. The largest absolute Gasteiger partial charge is 0.493 e. The average Bonchev–Trinajstić information content (AvgIpc) is 2.88. The number of benzene rings is 2. The maximum absolute atomic E-state index is 12.1. The van der Waals surface area contributed by atoms with Crippen LogP contribution in [0.3, 0.4) is 0 Å². The lowest BCUT2D eigenvalue weighted by atomic mass is 10.1. The van der Waals surface area contributed by atoms with Crippen LogP contribution < -0.4 is 14.8 Å². The lowest BCUT2D eigenvalue weighted by molar-refractivity contribution is -0.121. The van der Waals surface area contributed by atoms with Crippen molar-refractivity contribution < 1.29 is 14.3 Å². The van der Waals surface area contributed by atoms with Crippen molar-refractivity contribution in [1.29, 1.82) is 0 Å². The minimum Gasteiger partial charge on any atom is -0.493 e. The van der Waals surface area contributed by atoms with E-state index in [1.165, 1.54) is 10.5 Å². The summed E-state index contributed by atoms with van der Waals surface area (Å²) in [4.78, 5) is 13.5. The summed E-state index contributed by atoms with van der Waals surface area (Å²) in [5, 5.41) is 3.30. The second kappa shape index (κ2) is 7.58. The first-order valence-corrected chi connectivity index (χ1v) is 8.56. The van der Waals surface area contributed by atoms with E-state index < -0.39 is 0 Å². The van der Waals surface area contributed by atoms with Gasteiger partial charge in [0.1, 0.15) is 12.3 Å².